The number of rotatable bonds is 6. The molecular weight excluding hydrogens is 462 g/mol. The molecule has 1 aliphatic rings. The summed E-state index contributed by atoms with van der Waals surface area (Å²) in [6.45, 7) is 2.49. The van der Waals surface area contributed by atoms with Crippen molar-refractivity contribution < 1.29 is 14.5 Å². The predicted molar refractivity (Wildman–Crippen MR) is 137 cm³/mol. The van der Waals surface area contributed by atoms with Gasteiger partial charge in [0.15, 0.2) is 0 Å². The Morgan fingerprint density at radius 2 is 1.60 bits per heavy atom. The number of amides is 2. The highest BCUT2D eigenvalue weighted by atomic mass is 32.2. The molecule has 7 nitrogen and oxygen atoms in total. The van der Waals surface area contributed by atoms with Crippen LogP contribution in [0.25, 0.3) is 17.0 Å². The van der Waals surface area contributed by atoms with E-state index in [2.05, 4.69) is 0 Å². The number of para-hydroxylation sites is 2. The van der Waals surface area contributed by atoms with E-state index in [1.165, 1.54) is 11.0 Å². The van der Waals surface area contributed by atoms with Gasteiger partial charge in [0.1, 0.15) is 0 Å². The van der Waals surface area contributed by atoms with Crippen LogP contribution in [-0.2, 0) is 17.9 Å². The third-order valence-electron chi connectivity index (χ3n) is 6.10. The normalized spacial score (nSPS) is 14.9. The van der Waals surface area contributed by atoms with E-state index in [9.17, 15) is 19.7 Å². The van der Waals surface area contributed by atoms with Crippen molar-refractivity contribution in [1.29, 1.82) is 0 Å². The van der Waals surface area contributed by atoms with Crippen LogP contribution in [0.4, 0.5) is 10.5 Å². The maximum Gasteiger partial charge on any atom is 0.293 e. The maximum absolute atomic E-state index is 13.1. The van der Waals surface area contributed by atoms with Crippen LogP contribution in [0, 0.1) is 17.0 Å². The molecule has 0 saturated carbocycles. The molecule has 0 aliphatic carbocycles. The summed E-state index contributed by atoms with van der Waals surface area (Å²) in [5.74, 6) is -0.321. The highest BCUT2D eigenvalue weighted by Crippen LogP contribution is 2.35. The Morgan fingerprint density at radius 1 is 0.914 bits per heavy atom. The predicted octanol–water partition coefficient (Wildman–Crippen LogP) is 6.14. The van der Waals surface area contributed by atoms with Crippen molar-refractivity contribution in [2.24, 2.45) is 0 Å². The third kappa shape index (κ3) is 4.36. The van der Waals surface area contributed by atoms with Crippen molar-refractivity contribution in [3.05, 3.63) is 116 Å². The van der Waals surface area contributed by atoms with Gasteiger partial charge < -0.3 is 4.57 Å². The molecule has 2 amide bonds. The van der Waals surface area contributed by atoms with E-state index in [0.29, 0.717) is 17.0 Å². The third-order valence-corrected chi connectivity index (χ3v) is 7.01. The smallest absolute Gasteiger partial charge is 0.293 e. The Bertz CT molecular complexity index is 1520. The van der Waals surface area contributed by atoms with Crippen molar-refractivity contribution in [2.75, 3.05) is 0 Å². The standard InChI is InChI=1S/C27H21N3O4S/c1-18-8-2-3-9-19(18)17-29-26(31)25(35-27(29)32)14-21-16-28(24-13-7-5-11-22(21)24)15-20-10-4-6-12-23(20)30(33)34/h2-14,16H,15,17H2,1H3/b25-14-. The number of nitro groups is 1. The van der Waals surface area contributed by atoms with E-state index in [-0.39, 0.29) is 28.3 Å². The van der Waals surface area contributed by atoms with Gasteiger partial charge in [-0.25, -0.2) is 0 Å². The Labute approximate surface area is 205 Å². The second-order valence-electron chi connectivity index (χ2n) is 8.31. The lowest BCUT2D eigenvalue weighted by atomic mass is 10.1. The summed E-state index contributed by atoms with van der Waals surface area (Å²) in [7, 11) is 0. The van der Waals surface area contributed by atoms with Gasteiger partial charge in [0, 0.05) is 34.3 Å². The van der Waals surface area contributed by atoms with Crippen LogP contribution in [0.5, 0.6) is 0 Å². The highest BCUT2D eigenvalue weighted by molar-refractivity contribution is 8.18. The molecule has 174 valence electrons. The van der Waals surface area contributed by atoms with E-state index >= 15 is 0 Å². The molecule has 1 aliphatic heterocycles. The van der Waals surface area contributed by atoms with Crippen molar-refractivity contribution >= 4 is 45.6 Å². The first kappa shape index (κ1) is 22.6. The summed E-state index contributed by atoms with van der Waals surface area (Å²) in [6, 6.07) is 22.0. The Hall–Kier alpha value is -4.17. The maximum atomic E-state index is 13.1. The van der Waals surface area contributed by atoms with Crippen molar-refractivity contribution in [3.63, 3.8) is 0 Å². The number of benzene rings is 3. The number of fused-ring (bicyclic) bond motifs is 1. The van der Waals surface area contributed by atoms with Crippen LogP contribution in [0.2, 0.25) is 0 Å². The number of aryl methyl sites for hydroxylation is 1. The van der Waals surface area contributed by atoms with Crippen LogP contribution in [0.3, 0.4) is 0 Å². The van der Waals surface area contributed by atoms with Crippen LogP contribution in [0.1, 0.15) is 22.3 Å². The first-order valence-corrected chi connectivity index (χ1v) is 11.8. The van der Waals surface area contributed by atoms with E-state index in [1.807, 2.05) is 66.2 Å². The van der Waals surface area contributed by atoms with E-state index in [1.54, 1.807) is 24.3 Å². The van der Waals surface area contributed by atoms with Gasteiger partial charge >= 0.3 is 0 Å². The van der Waals surface area contributed by atoms with Gasteiger partial charge in [-0.05, 0) is 42.0 Å². The molecular formula is C27H21N3O4S. The van der Waals surface area contributed by atoms with Crippen LogP contribution >= 0.6 is 11.8 Å². The molecule has 1 saturated heterocycles. The summed E-state index contributed by atoms with van der Waals surface area (Å²) < 4.78 is 1.93. The molecule has 5 rings (SSSR count). The number of aromatic nitrogens is 1. The number of hydrogen-bond acceptors (Lipinski definition) is 5. The van der Waals surface area contributed by atoms with Crippen molar-refractivity contribution in [2.45, 2.75) is 20.0 Å². The lowest BCUT2D eigenvalue weighted by Gasteiger charge is -2.14. The lowest BCUT2D eigenvalue weighted by Crippen LogP contribution is -2.27. The quantitative estimate of drug-likeness (QED) is 0.187. The summed E-state index contributed by atoms with van der Waals surface area (Å²) in [4.78, 5) is 38.5. The second-order valence-corrected chi connectivity index (χ2v) is 9.30. The number of thioether (sulfide) groups is 1. The topological polar surface area (TPSA) is 85.4 Å². The minimum absolute atomic E-state index is 0.0594. The molecule has 1 fully saturated rings. The fourth-order valence-corrected chi connectivity index (χ4v) is 5.09. The Balaban J connectivity index is 1.49. The van der Waals surface area contributed by atoms with Gasteiger partial charge in [-0.1, -0.05) is 60.7 Å². The van der Waals surface area contributed by atoms with Crippen molar-refractivity contribution in [1.82, 2.24) is 9.47 Å². The minimum atomic E-state index is -0.383. The summed E-state index contributed by atoms with van der Waals surface area (Å²) in [5, 5.41) is 12.1. The number of imide groups is 1. The average molecular weight is 484 g/mol. The Morgan fingerprint density at radius 3 is 2.37 bits per heavy atom. The van der Waals surface area contributed by atoms with Gasteiger partial charge in [0.25, 0.3) is 16.8 Å². The van der Waals surface area contributed by atoms with E-state index in [0.717, 1.165) is 39.4 Å². The monoisotopic (exact) mass is 483 g/mol. The van der Waals surface area contributed by atoms with Gasteiger partial charge in [-0.15, -0.1) is 0 Å². The van der Waals surface area contributed by atoms with Crippen LogP contribution < -0.4 is 0 Å². The van der Waals surface area contributed by atoms with Gasteiger partial charge in [-0.3, -0.25) is 24.6 Å². The molecule has 0 unspecified atom stereocenters. The summed E-state index contributed by atoms with van der Waals surface area (Å²) >= 11 is 0.930. The number of carbonyl (C=O) groups is 2. The fourth-order valence-electron chi connectivity index (χ4n) is 4.26. The molecule has 8 heteroatoms. The number of carbonyl (C=O) groups excluding carboxylic acids is 2. The minimum Gasteiger partial charge on any atom is -0.342 e. The fraction of sp³-hybridized carbons (Fsp3) is 0.111. The molecule has 4 aromatic rings. The molecule has 0 spiro atoms. The molecule has 0 bridgehead atoms. The largest absolute Gasteiger partial charge is 0.342 e. The molecule has 0 N–H and O–H groups in total. The second kappa shape index (κ2) is 9.23. The van der Waals surface area contributed by atoms with Crippen LogP contribution in [-0.4, -0.2) is 25.5 Å². The molecule has 2 heterocycles. The highest BCUT2D eigenvalue weighted by Gasteiger charge is 2.35. The zero-order valence-corrected chi connectivity index (χ0v) is 19.7. The lowest BCUT2D eigenvalue weighted by molar-refractivity contribution is -0.385. The SMILES string of the molecule is Cc1ccccc1CN1C(=O)S/C(=C\c2cn(Cc3ccccc3[N+](=O)[O-])c3ccccc23)C1=O. The average Bonchev–Trinajstić information content (AvgIpc) is 3.32. The van der Waals surface area contributed by atoms with Gasteiger partial charge in [0.05, 0.1) is 22.9 Å². The summed E-state index contributed by atoms with van der Waals surface area (Å²) in [6.07, 6.45) is 3.61. The molecule has 1 aromatic heterocycles. The Kier molecular flexibility index (Phi) is 5.96. The van der Waals surface area contributed by atoms with Gasteiger partial charge in [0.2, 0.25) is 0 Å². The zero-order valence-electron chi connectivity index (χ0n) is 18.9. The first-order chi connectivity index (χ1) is 16.9. The van der Waals surface area contributed by atoms with E-state index < -0.39 is 0 Å². The number of hydrogen-bond donors (Lipinski definition) is 0. The molecule has 0 atom stereocenters. The zero-order chi connectivity index (χ0) is 24.5. The molecule has 3 aromatic carbocycles. The van der Waals surface area contributed by atoms with Crippen molar-refractivity contribution in [3.8, 4) is 0 Å². The molecule has 35 heavy (non-hydrogen) atoms. The number of nitro benzene ring substituents is 1. The van der Waals surface area contributed by atoms with Gasteiger partial charge in [-0.2, -0.15) is 0 Å². The molecule has 0 radical (unpaired) electrons. The van der Waals surface area contributed by atoms with Crippen LogP contribution in [0.15, 0.2) is 83.9 Å². The first-order valence-electron chi connectivity index (χ1n) is 11.0. The van der Waals surface area contributed by atoms with E-state index in [4.69, 9.17) is 0 Å². The number of nitrogens with zero attached hydrogens (tertiary/aromatic N) is 3. The summed E-state index contributed by atoms with van der Waals surface area (Å²) in [5.41, 5.74) is 4.26.